The van der Waals surface area contributed by atoms with Crippen LogP contribution >= 0.6 is 0 Å². The molecule has 80 valence electrons. The van der Waals surface area contributed by atoms with Crippen molar-refractivity contribution >= 4 is 12.3 Å². The Kier molecular flexibility index (Phi) is 4.50. The average Bonchev–Trinajstić information content (AvgIpc) is 2.27. The zero-order valence-electron chi connectivity index (χ0n) is 8.26. The molecule has 2 N–H and O–H groups in total. The van der Waals surface area contributed by atoms with Crippen molar-refractivity contribution < 1.29 is 14.3 Å². The molecule has 1 atom stereocenters. The predicted octanol–water partition coefficient (Wildman–Crippen LogP) is 0.646. The summed E-state index contributed by atoms with van der Waals surface area (Å²) in [5.74, 6) is -0.550. The van der Waals surface area contributed by atoms with E-state index in [2.05, 4.69) is 0 Å². The molecule has 0 bridgehead atoms. The van der Waals surface area contributed by atoms with Gasteiger partial charge in [0, 0.05) is 6.42 Å². The largest absolute Gasteiger partial charge is 0.460 e. The Balaban J connectivity index is 2.37. The minimum absolute atomic E-state index is 0.00633. The highest BCUT2D eigenvalue weighted by Crippen LogP contribution is 2.01. The van der Waals surface area contributed by atoms with Crippen molar-refractivity contribution in [3.8, 4) is 0 Å². The number of carbonyl (C=O) groups excluding carboxylic acids is 2. The second kappa shape index (κ2) is 5.93. The first kappa shape index (κ1) is 11.4. The molecular weight excluding hydrogens is 194 g/mol. The van der Waals surface area contributed by atoms with E-state index in [1.165, 1.54) is 0 Å². The summed E-state index contributed by atoms with van der Waals surface area (Å²) in [4.78, 5) is 21.3. The summed E-state index contributed by atoms with van der Waals surface area (Å²) >= 11 is 0. The minimum atomic E-state index is -0.855. The lowest BCUT2D eigenvalue weighted by atomic mass is 10.2. The summed E-state index contributed by atoms with van der Waals surface area (Å²) in [7, 11) is 0. The summed E-state index contributed by atoms with van der Waals surface area (Å²) in [6.45, 7) is 0.187. The van der Waals surface area contributed by atoms with Crippen molar-refractivity contribution in [2.45, 2.75) is 19.1 Å². The molecule has 0 aliphatic carbocycles. The van der Waals surface area contributed by atoms with Gasteiger partial charge in [-0.2, -0.15) is 0 Å². The van der Waals surface area contributed by atoms with E-state index in [0.29, 0.717) is 6.29 Å². The van der Waals surface area contributed by atoms with Crippen molar-refractivity contribution in [3.05, 3.63) is 35.9 Å². The van der Waals surface area contributed by atoms with Gasteiger partial charge >= 0.3 is 5.97 Å². The second-order valence-electron chi connectivity index (χ2n) is 3.10. The number of hydrogen-bond donors (Lipinski definition) is 1. The summed E-state index contributed by atoms with van der Waals surface area (Å²) in [6, 6.07) is 8.43. The van der Waals surface area contributed by atoms with Gasteiger partial charge in [-0.1, -0.05) is 30.3 Å². The van der Waals surface area contributed by atoms with Crippen molar-refractivity contribution in [2.75, 3.05) is 0 Å². The number of esters is 1. The fraction of sp³-hybridized carbons (Fsp3) is 0.273. The van der Waals surface area contributed by atoms with Crippen LogP contribution in [0.25, 0.3) is 0 Å². The number of nitrogens with two attached hydrogens (primary N) is 1. The molecule has 1 aromatic rings. The maximum atomic E-state index is 11.2. The summed E-state index contributed by atoms with van der Waals surface area (Å²) < 4.78 is 4.92. The molecule has 0 unspecified atom stereocenters. The third-order valence-electron chi connectivity index (χ3n) is 1.88. The van der Waals surface area contributed by atoms with E-state index in [4.69, 9.17) is 10.5 Å². The van der Waals surface area contributed by atoms with Gasteiger partial charge in [-0.25, -0.2) is 0 Å². The molecule has 0 spiro atoms. The van der Waals surface area contributed by atoms with Gasteiger partial charge in [-0.3, -0.25) is 4.79 Å². The van der Waals surface area contributed by atoms with Crippen molar-refractivity contribution in [3.63, 3.8) is 0 Å². The van der Waals surface area contributed by atoms with E-state index >= 15 is 0 Å². The Morgan fingerprint density at radius 3 is 2.67 bits per heavy atom. The van der Waals surface area contributed by atoms with Gasteiger partial charge in [0.15, 0.2) is 0 Å². The first-order valence-electron chi connectivity index (χ1n) is 4.64. The molecule has 4 nitrogen and oxygen atoms in total. The van der Waals surface area contributed by atoms with E-state index in [0.717, 1.165) is 5.56 Å². The third kappa shape index (κ3) is 3.91. The Hall–Kier alpha value is -1.68. The Morgan fingerprint density at radius 1 is 1.40 bits per heavy atom. The lowest BCUT2D eigenvalue weighted by Crippen LogP contribution is -2.32. The van der Waals surface area contributed by atoms with Crippen LogP contribution in [0.15, 0.2) is 30.3 Å². The van der Waals surface area contributed by atoms with Crippen molar-refractivity contribution in [2.24, 2.45) is 5.73 Å². The Labute approximate surface area is 88.0 Å². The molecule has 4 heteroatoms. The molecule has 1 rings (SSSR count). The number of carbonyl (C=O) groups is 2. The molecular formula is C11H13NO3. The average molecular weight is 207 g/mol. The number of benzene rings is 1. The highest BCUT2D eigenvalue weighted by Gasteiger charge is 2.13. The van der Waals surface area contributed by atoms with Gasteiger partial charge in [-0.15, -0.1) is 0 Å². The lowest BCUT2D eigenvalue weighted by Gasteiger charge is -2.08. The molecule has 0 radical (unpaired) electrons. The van der Waals surface area contributed by atoms with Gasteiger partial charge < -0.3 is 15.3 Å². The molecule has 0 heterocycles. The number of aldehydes is 1. The number of rotatable bonds is 5. The quantitative estimate of drug-likeness (QED) is 0.568. The van der Waals surface area contributed by atoms with Gasteiger partial charge in [0.2, 0.25) is 0 Å². The molecule has 0 aliphatic rings. The second-order valence-corrected chi connectivity index (χ2v) is 3.10. The van der Waals surface area contributed by atoms with Gasteiger partial charge in [0.05, 0.1) is 0 Å². The van der Waals surface area contributed by atoms with Crippen LogP contribution in [0, 0.1) is 0 Å². The smallest absolute Gasteiger partial charge is 0.323 e. The summed E-state index contributed by atoms with van der Waals surface area (Å²) in [6.07, 6.45) is 0.599. The summed E-state index contributed by atoms with van der Waals surface area (Å²) in [5, 5.41) is 0. The molecule has 15 heavy (non-hydrogen) atoms. The maximum Gasteiger partial charge on any atom is 0.323 e. The van der Waals surface area contributed by atoms with Crippen LogP contribution in [0.4, 0.5) is 0 Å². The SMILES string of the molecule is N[C@@H](CC=O)C(=O)OCc1ccccc1. The van der Waals surface area contributed by atoms with Crippen LogP contribution in [0.3, 0.4) is 0 Å². The predicted molar refractivity (Wildman–Crippen MR) is 54.9 cm³/mol. The van der Waals surface area contributed by atoms with Gasteiger partial charge in [-0.05, 0) is 5.56 Å². The fourth-order valence-corrected chi connectivity index (χ4v) is 1.04. The van der Waals surface area contributed by atoms with Crippen LogP contribution in [0.2, 0.25) is 0 Å². The number of hydrogen-bond acceptors (Lipinski definition) is 4. The molecule has 0 aromatic heterocycles. The van der Waals surface area contributed by atoms with Crippen molar-refractivity contribution in [1.82, 2.24) is 0 Å². The van der Waals surface area contributed by atoms with Crippen LogP contribution < -0.4 is 5.73 Å². The van der Waals surface area contributed by atoms with Gasteiger partial charge in [0.1, 0.15) is 18.9 Å². The first-order chi connectivity index (χ1) is 7.24. The maximum absolute atomic E-state index is 11.2. The molecule has 0 fully saturated rings. The van der Waals surface area contributed by atoms with E-state index < -0.39 is 12.0 Å². The zero-order valence-corrected chi connectivity index (χ0v) is 8.26. The number of ether oxygens (including phenoxy) is 1. The highest BCUT2D eigenvalue weighted by atomic mass is 16.5. The third-order valence-corrected chi connectivity index (χ3v) is 1.88. The topological polar surface area (TPSA) is 69.4 Å². The van der Waals surface area contributed by atoms with Crippen LogP contribution in [0.1, 0.15) is 12.0 Å². The molecule has 0 saturated heterocycles. The monoisotopic (exact) mass is 207 g/mol. The van der Waals surface area contributed by atoms with E-state index in [1.807, 2.05) is 30.3 Å². The van der Waals surface area contributed by atoms with E-state index in [-0.39, 0.29) is 13.0 Å². The normalized spacial score (nSPS) is 11.8. The van der Waals surface area contributed by atoms with Crippen molar-refractivity contribution in [1.29, 1.82) is 0 Å². The van der Waals surface area contributed by atoms with Crippen LogP contribution in [0.5, 0.6) is 0 Å². The Bertz CT molecular complexity index is 324. The lowest BCUT2D eigenvalue weighted by molar-refractivity contribution is -0.147. The molecule has 1 aromatic carbocycles. The molecule has 0 amide bonds. The van der Waals surface area contributed by atoms with E-state index in [1.54, 1.807) is 0 Å². The Morgan fingerprint density at radius 2 is 2.07 bits per heavy atom. The highest BCUT2D eigenvalue weighted by molar-refractivity contribution is 5.78. The fourth-order valence-electron chi connectivity index (χ4n) is 1.04. The minimum Gasteiger partial charge on any atom is -0.460 e. The van der Waals surface area contributed by atoms with Crippen LogP contribution in [-0.2, 0) is 20.9 Å². The molecule has 0 aliphatic heterocycles. The molecule has 0 saturated carbocycles. The van der Waals surface area contributed by atoms with E-state index in [9.17, 15) is 9.59 Å². The summed E-state index contributed by atoms with van der Waals surface area (Å²) in [5.41, 5.74) is 6.28. The standard InChI is InChI=1S/C11H13NO3/c12-10(6-7-13)11(14)15-8-9-4-2-1-3-5-9/h1-5,7,10H,6,8,12H2/t10-/m0/s1. The first-order valence-corrected chi connectivity index (χ1v) is 4.64. The van der Waals surface area contributed by atoms with Crippen LogP contribution in [-0.4, -0.2) is 18.3 Å². The van der Waals surface area contributed by atoms with Gasteiger partial charge in [0.25, 0.3) is 0 Å². The zero-order chi connectivity index (χ0) is 11.1.